The van der Waals surface area contributed by atoms with Crippen molar-refractivity contribution in [2.45, 2.75) is 60.3 Å². The van der Waals surface area contributed by atoms with Gasteiger partial charge >= 0.3 is 58.2 Å². The second kappa shape index (κ2) is 13.5. The molecule has 0 saturated carbocycles. The first-order valence-corrected chi connectivity index (χ1v) is 6.69. The van der Waals surface area contributed by atoms with Gasteiger partial charge in [0.05, 0.1) is 0 Å². The predicted molar refractivity (Wildman–Crippen MR) is 76.5 cm³/mol. The van der Waals surface area contributed by atoms with Crippen LogP contribution in [0, 0.1) is 0 Å². The molecule has 0 aromatic heterocycles. The monoisotopic (exact) mass is 336 g/mol. The molecule has 0 aliphatic rings. The van der Waals surface area contributed by atoms with E-state index in [4.69, 9.17) is 0 Å². The molecular formula is C16H27O2Rb. The van der Waals surface area contributed by atoms with Gasteiger partial charge in [-0.15, -0.1) is 0 Å². The zero-order valence-electron chi connectivity index (χ0n) is 13.8. The van der Waals surface area contributed by atoms with Crippen LogP contribution in [0.3, 0.4) is 0 Å². The van der Waals surface area contributed by atoms with E-state index in [-0.39, 0.29) is 70.0 Å². The van der Waals surface area contributed by atoms with E-state index < -0.39 is 5.97 Å². The van der Waals surface area contributed by atoms with Gasteiger partial charge in [-0.2, -0.15) is 0 Å². The van der Waals surface area contributed by atoms with Crippen molar-refractivity contribution in [3.8, 4) is 0 Å². The predicted octanol–water partition coefficient (Wildman–Crippen LogP) is 0.333. The Morgan fingerprint density at radius 2 is 1.37 bits per heavy atom. The first-order chi connectivity index (χ1) is 8.39. The largest absolute Gasteiger partial charge is 1.00 e. The molecular weight excluding hydrogens is 310 g/mol. The standard InChI is InChI=1S/C12H16O2.2C2H6.Rb/c1-12(2,3)10-6-4-9(5-7-10)8-11(13)14;2*1-2;/h4-7H,8H2,1-3H3,(H,13,14);2*1-2H3;/q;;;+1/p-1. The summed E-state index contributed by atoms with van der Waals surface area (Å²) in [6.07, 6.45) is -0.00950. The molecule has 0 bridgehead atoms. The summed E-state index contributed by atoms with van der Waals surface area (Å²) in [4.78, 5) is 10.3. The van der Waals surface area contributed by atoms with Gasteiger partial charge in [0.2, 0.25) is 0 Å². The fourth-order valence-electron chi connectivity index (χ4n) is 1.29. The fourth-order valence-corrected chi connectivity index (χ4v) is 1.29. The summed E-state index contributed by atoms with van der Waals surface area (Å²) in [5, 5.41) is 10.3. The van der Waals surface area contributed by atoms with Crippen molar-refractivity contribution in [1.29, 1.82) is 0 Å². The van der Waals surface area contributed by atoms with E-state index in [1.807, 2.05) is 52.0 Å². The third kappa shape index (κ3) is 12.0. The Balaban J connectivity index is -0.000000467. The van der Waals surface area contributed by atoms with Gasteiger partial charge in [-0.3, -0.25) is 0 Å². The maximum atomic E-state index is 10.3. The minimum absolute atomic E-state index is 0. The molecule has 0 heterocycles. The molecule has 0 aliphatic heterocycles. The summed E-state index contributed by atoms with van der Waals surface area (Å²) in [5.41, 5.74) is 2.11. The van der Waals surface area contributed by atoms with E-state index in [0.717, 1.165) is 5.56 Å². The summed E-state index contributed by atoms with van der Waals surface area (Å²) in [6, 6.07) is 7.63. The van der Waals surface area contributed by atoms with Crippen LogP contribution in [0.25, 0.3) is 0 Å². The second-order valence-electron chi connectivity index (χ2n) is 4.50. The van der Waals surface area contributed by atoms with Gasteiger partial charge in [0.15, 0.2) is 0 Å². The van der Waals surface area contributed by atoms with E-state index in [2.05, 4.69) is 20.8 Å². The van der Waals surface area contributed by atoms with Gasteiger partial charge in [0.25, 0.3) is 0 Å². The zero-order valence-corrected chi connectivity index (χ0v) is 18.7. The minimum Gasteiger partial charge on any atom is -0.550 e. The van der Waals surface area contributed by atoms with Crippen molar-refractivity contribution in [2.24, 2.45) is 0 Å². The molecule has 0 fully saturated rings. The van der Waals surface area contributed by atoms with Crippen LogP contribution >= 0.6 is 0 Å². The fraction of sp³-hybridized carbons (Fsp3) is 0.562. The molecule has 0 aliphatic carbocycles. The third-order valence-corrected chi connectivity index (χ3v) is 2.17. The number of carbonyl (C=O) groups is 1. The van der Waals surface area contributed by atoms with E-state index >= 15 is 0 Å². The van der Waals surface area contributed by atoms with E-state index in [0.29, 0.717) is 0 Å². The summed E-state index contributed by atoms with van der Waals surface area (Å²) in [7, 11) is 0. The molecule has 1 aromatic rings. The first kappa shape index (κ1) is 24.5. The number of aliphatic carboxylic acids is 1. The van der Waals surface area contributed by atoms with Gasteiger partial charge in [0.1, 0.15) is 0 Å². The Labute approximate surface area is 167 Å². The topological polar surface area (TPSA) is 40.1 Å². The molecule has 0 amide bonds. The average Bonchev–Trinajstić information content (AvgIpc) is 2.33. The number of rotatable bonds is 2. The summed E-state index contributed by atoms with van der Waals surface area (Å²) in [5.74, 6) is -1.03. The summed E-state index contributed by atoms with van der Waals surface area (Å²) >= 11 is 0. The molecule has 2 nitrogen and oxygen atoms in total. The van der Waals surface area contributed by atoms with Crippen molar-refractivity contribution in [3.63, 3.8) is 0 Å². The average molecular weight is 337 g/mol. The zero-order chi connectivity index (χ0) is 14.8. The van der Waals surface area contributed by atoms with Crippen molar-refractivity contribution >= 4 is 5.97 Å². The molecule has 0 saturated heterocycles. The number of hydrogen-bond donors (Lipinski definition) is 0. The van der Waals surface area contributed by atoms with Crippen LogP contribution in [-0.4, -0.2) is 5.97 Å². The molecule has 3 heteroatoms. The van der Waals surface area contributed by atoms with Crippen LogP contribution in [0.5, 0.6) is 0 Å². The minimum atomic E-state index is -1.03. The molecule has 104 valence electrons. The Morgan fingerprint density at radius 3 is 1.63 bits per heavy atom. The summed E-state index contributed by atoms with van der Waals surface area (Å²) in [6.45, 7) is 14.4. The van der Waals surface area contributed by atoms with Crippen LogP contribution in [0.2, 0.25) is 0 Å². The van der Waals surface area contributed by atoms with Crippen molar-refractivity contribution in [1.82, 2.24) is 0 Å². The number of carboxylic acids is 1. The van der Waals surface area contributed by atoms with Crippen molar-refractivity contribution < 1.29 is 68.1 Å². The third-order valence-electron chi connectivity index (χ3n) is 2.17. The molecule has 0 N–H and O–H groups in total. The first-order valence-electron chi connectivity index (χ1n) is 6.69. The maximum absolute atomic E-state index is 10.3. The number of benzene rings is 1. The van der Waals surface area contributed by atoms with Gasteiger partial charge in [0, 0.05) is 12.4 Å². The van der Waals surface area contributed by atoms with Crippen LogP contribution in [0.15, 0.2) is 24.3 Å². The molecule has 0 spiro atoms. The molecule has 1 aromatic carbocycles. The second-order valence-corrected chi connectivity index (χ2v) is 4.50. The van der Waals surface area contributed by atoms with Crippen LogP contribution in [0.4, 0.5) is 0 Å². The normalized spacial score (nSPS) is 9.00. The summed E-state index contributed by atoms with van der Waals surface area (Å²) < 4.78 is 0. The molecule has 1 rings (SSSR count). The molecule has 0 atom stereocenters. The van der Waals surface area contributed by atoms with Gasteiger partial charge in [-0.05, 0) is 16.5 Å². The van der Waals surface area contributed by atoms with Crippen LogP contribution < -0.4 is 63.3 Å². The SMILES string of the molecule is CC.CC.CC(C)(C)c1ccc(CC(=O)[O-])cc1.[Rb+]. The number of carboxylic acid groups (broad SMARTS) is 1. The quantitative estimate of drug-likeness (QED) is 0.781. The number of hydrogen-bond acceptors (Lipinski definition) is 2. The smallest absolute Gasteiger partial charge is 0.550 e. The Bertz CT molecular complexity index is 324. The van der Waals surface area contributed by atoms with Crippen molar-refractivity contribution in [2.75, 3.05) is 0 Å². The number of carbonyl (C=O) groups excluding carboxylic acids is 1. The van der Waals surface area contributed by atoms with Crippen LogP contribution in [-0.2, 0) is 16.6 Å². The van der Waals surface area contributed by atoms with E-state index in [1.165, 1.54) is 5.56 Å². The van der Waals surface area contributed by atoms with E-state index in [1.54, 1.807) is 0 Å². The van der Waals surface area contributed by atoms with Gasteiger partial charge in [-0.25, -0.2) is 0 Å². The van der Waals surface area contributed by atoms with Crippen LogP contribution in [0.1, 0.15) is 59.6 Å². The van der Waals surface area contributed by atoms with E-state index in [9.17, 15) is 9.90 Å². The molecule has 0 radical (unpaired) electrons. The Morgan fingerprint density at radius 1 is 1.00 bits per heavy atom. The van der Waals surface area contributed by atoms with Gasteiger partial charge in [-0.1, -0.05) is 72.7 Å². The van der Waals surface area contributed by atoms with Crippen molar-refractivity contribution in [3.05, 3.63) is 35.4 Å². The maximum Gasteiger partial charge on any atom is 1.00 e. The van der Waals surface area contributed by atoms with Gasteiger partial charge < -0.3 is 9.90 Å². The molecule has 0 unspecified atom stereocenters. The molecule has 19 heavy (non-hydrogen) atoms. The Kier molecular flexibility index (Phi) is 17.4. The Hall–Kier alpha value is 0.495.